The third kappa shape index (κ3) is 2.36. The number of hydrogen-bond acceptors (Lipinski definition) is 7. The van der Waals surface area contributed by atoms with Crippen LogP contribution < -0.4 is 9.64 Å². The third-order valence-corrected chi connectivity index (χ3v) is 5.23. The van der Waals surface area contributed by atoms with Crippen LogP contribution in [0.15, 0.2) is 12.3 Å². The Bertz CT molecular complexity index is 976. The second-order valence-corrected chi connectivity index (χ2v) is 6.62. The van der Waals surface area contributed by atoms with Gasteiger partial charge >= 0.3 is 5.97 Å². The number of aromatic nitrogens is 1. The van der Waals surface area contributed by atoms with Crippen molar-refractivity contribution < 1.29 is 28.6 Å². The number of rotatable bonds is 4. The zero-order valence-electron chi connectivity index (χ0n) is 16.2. The monoisotopic (exact) mass is 374 g/mol. The predicted molar refractivity (Wildman–Crippen MR) is 98.7 cm³/mol. The first-order chi connectivity index (χ1) is 12.7. The number of ether oxygens (including phenoxy) is 3. The normalized spacial score (nSPS) is 18.7. The Labute approximate surface area is 156 Å². The minimum atomic E-state index is -1.53. The first-order valence-corrected chi connectivity index (χ1v) is 8.35. The van der Waals surface area contributed by atoms with Gasteiger partial charge in [0.25, 0.3) is 0 Å². The Morgan fingerprint density at radius 2 is 1.89 bits per heavy atom. The van der Waals surface area contributed by atoms with Crippen LogP contribution in [0.25, 0.3) is 10.9 Å². The van der Waals surface area contributed by atoms with Gasteiger partial charge in [0.15, 0.2) is 5.54 Å². The number of benzene rings is 1. The molecule has 0 saturated heterocycles. The van der Waals surface area contributed by atoms with Crippen LogP contribution in [-0.4, -0.2) is 56.1 Å². The fraction of sp³-hybridized carbons (Fsp3) is 0.421. The van der Waals surface area contributed by atoms with E-state index in [1.54, 1.807) is 24.2 Å². The molecule has 0 radical (unpaired) electrons. The van der Waals surface area contributed by atoms with Crippen LogP contribution in [0.5, 0.6) is 5.75 Å². The summed E-state index contributed by atoms with van der Waals surface area (Å²) in [5.41, 5.74) is 0.494. The molecule has 1 aromatic heterocycles. The van der Waals surface area contributed by atoms with E-state index < -0.39 is 17.3 Å². The summed E-state index contributed by atoms with van der Waals surface area (Å²) in [7, 11) is 5.90. The average molecular weight is 374 g/mol. The number of ketones is 1. The molecule has 1 aliphatic heterocycles. The van der Waals surface area contributed by atoms with Crippen LogP contribution in [-0.2, 0) is 20.9 Å². The van der Waals surface area contributed by atoms with Crippen molar-refractivity contribution >= 4 is 34.3 Å². The van der Waals surface area contributed by atoms with Gasteiger partial charge in [0.1, 0.15) is 5.75 Å². The number of fused-ring (bicyclic) bond motifs is 3. The molecule has 2 heterocycles. The van der Waals surface area contributed by atoms with Gasteiger partial charge in [-0.05, 0) is 6.92 Å². The lowest BCUT2D eigenvalue weighted by Crippen LogP contribution is -2.53. The van der Waals surface area contributed by atoms with E-state index in [1.807, 2.05) is 0 Å². The van der Waals surface area contributed by atoms with Crippen LogP contribution in [0.2, 0.25) is 0 Å². The van der Waals surface area contributed by atoms with Gasteiger partial charge in [-0.2, -0.15) is 0 Å². The van der Waals surface area contributed by atoms with Crippen molar-refractivity contribution in [3.8, 4) is 5.75 Å². The molecule has 3 rings (SSSR count). The van der Waals surface area contributed by atoms with Gasteiger partial charge in [0, 0.05) is 44.3 Å². The zero-order chi connectivity index (χ0) is 20.1. The Morgan fingerprint density at radius 1 is 1.22 bits per heavy atom. The van der Waals surface area contributed by atoms with Crippen molar-refractivity contribution in [1.82, 2.24) is 4.57 Å². The van der Waals surface area contributed by atoms with Crippen molar-refractivity contribution in [3.63, 3.8) is 0 Å². The number of hydrogen-bond donors (Lipinski definition) is 0. The summed E-state index contributed by atoms with van der Waals surface area (Å²) in [6.45, 7) is 3.16. The van der Waals surface area contributed by atoms with E-state index in [1.165, 1.54) is 39.7 Å². The molecular weight excluding hydrogens is 352 g/mol. The Balaban J connectivity index is 2.46. The van der Waals surface area contributed by atoms with Crippen LogP contribution in [0.4, 0.5) is 5.69 Å². The van der Waals surface area contributed by atoms with Crippen LogP contribution >= 0.6 is 0 Å². The SMILES string of the molecule is COCc1cn(C(C)=O)c2cc(OC)c3c(c12)C(=O)C(C)(C(=O)OC)N3C. The number of methoxy groups -OCH3 is 3. The largest absolute Gasteiger partial charge is 0.494 e. The van der Waals surface area contributed by atoms with E-state index in [0.717, 1.165) is 0 Å². The molecule has 0 N–H and O–H groups in total. The number of Topliss-reactive ketones (excluding diaryl/α,β-unsaturated/α-hetero) is 1. The summed E-state index contributed by atoms with van der Waals surface area (Å²) in [4.78, 5) is 39.6. The maximum Gasteiger partial charge on any atom is 0.339 e. The minimum Gasteiger partial charge on any atom is -0.494 e. The number of esters is 1. The highest BCUT2D eigenvalue weighted by Gasteiger charge is 2.55. The molecule has 144 valence electrons. The van der Waals surface area contributed by atoms with Crippen LogP contribution in [0, 0.1) is 0 Å². The highest BCUT2D eigenvalue weighted by molar-refractivity contribution is 6.30. The van der Waals surface area contributed by atoms with Crippen molar-refractivity contribution in [2.24, 2.45) is 0 Å². The topological polar surface area (TPSA) is 87.1 Å². The molecule has 0 bridgehead atoms. The van der Waals surface area contributed by atoms with Gasteiger partial charge in [0.2, 0.25) is 11.7 Å². The predicted octanol–water partition coefficient (Wildman–Crippen LogP) is 2.02. The standard InChI is InChI=1S/C19H22N2O6/c1-10(22)21-8-11(9-25-4)14-12(21)7-13(26-5)16-15(14)17(23)19(2,20(16)3)18(24)27-6/h7-8H,9H2,1-6H3. The smallest absolute Gasteiger partial charge is 0.339 e. The van der Waals surface area contributed by atoms with Gasteiger partial charge < -0.3 is 19.1 Å². The third-order valence-electron chi connectivity index (χ3n) is 5.23. The molecule has 0 aliphatic carbocycles. The summed E-state index contributed by atoms with van der Waals surface area (Å²) in [6, 6.07) is 1.70. The molecule has 1 unspecified atom stereocenters. The molecule has 8 nitrogen and oxygen atoms in total. The number of anilines is 1. The quantitative estimate of drug-likeness (QED) is 0.598. The molecule has 27 heavy (non-hydrogen) atoms. The first kappa shape index (κ1) is 18.9. The molecule has 2 aromatic rings. The molecule has 0 spiro atoms. The molecule has 1 aliphatic rings. The number of likely N-dealkylation sites (N-methyl/N-ethyl adjacent to an activating group) is 1. The molecule has 8 heteroatoms. The van der Waals surface area contributed by atoms with Crippen LogP contribution in [0.3, 0.4) is 0 Å². The molecule has 0 fully saturated rings. The second-order valence-electron chi connectivity index (χ2n) is 6.62. The summed E-state index contributed by atoms with van der Waals surface area (Å²) < 4.78 is 17.1. The van der Waals surface area contributed by atoms with Crippen molar-refractivity contribution in [2.45, 2.75) is 26.0 Å². The Kier molecular flexibility index (Phi) is 4.47. The molecular formula is C19H22N2O6. The number of nitrogens with zero attached hydrogens (tertiary/aromatic N) is 2. The summed E-state index contributed by atoms with van der Waals surface area (Å²) in [5, 5.41) is 0.576. The number of carbonyl (C=O) groups excluding carboxylic acids is 3. The lowest BCUT2D eigenvalue weighted by atomic mass is 9.92. The van der Waals surface area contributed by atoms with E-state index in [-0.39, 0.29) is 12.5 Å². The van der Waals surface area contributed by atoms with Crippen molar-refractivity contribution in [1.29, 1.82) is 0 Å². The highest BCUT2D eigenvalue weighted by atomic mass is 16.5. The molecule has 1 aromatic carbocycles. The zero-order valence-corrected chi connectivity index (χ0v) is 16.2. The van der Waals surface area contributed by atoms with Gasteiger partial charge in [-0.1, -0.05) is 0 Å². The summed E-state index contributed by atoms with van der Waals surface area (Å²) >= 11 is 0. The van der Waals surface area contributed by atoms with E-state index in [4.69, 9.17) is 14.2 Å². The van der Waals surface area contributed by atoms with Crippen molar-refractivity contribution in [2.75, 3.05) is 33.3 Å². The van der Waals surface area contributed by atoms with E-state index in [0.29, 0.717) is 33.5 Å². The first-order valence-electron chi connectivity index (χ1n) is 8.35. The number of carbonyl (C=O) groups is 3. The Hall–Kier alpha value is -2.87. The summed E-state index contributed by atoms with van der Waals surface area (Å²) in [6.07, 6.45) is 1.65. The van der Waals surface area contributed by atoms with Gasteiger partial charge in [-0.25, -0.2) is 4.79 Å². The van der Waals surface area contributed by atoms with Crippen molar-refractivity contribution in [3.05, 3.63) is 23.4 Å². The lowest BCUT2D eigenvalue weighted by molar-refractivity contribution is -0.144. The van der Waals surface area contributed by atoms with Gasteiger partial charge in [-0.3, -0.25) is 14.2 Å². The fourth-order valence-electron chi connectivity index (χ4n) is 3.72. The lowest BCUT2D eigenvalue weighted by Gasteiger charge is -2.29. The van der Waals surface area contributed by atoms with Gasteiger partial charge in [0.05, 0.1) is 37.6 Å². The maximum atomic E-state index is 13.4. The maximum absolute atomic E-state index is 13.4. The highest BCUT2D eigenvalue weighted by Crippen LogP contribution is 2.49. The molecule has 0 amide bonds. The summed E-state index contributed by atoms with van der Waals surface area (Å²) in [5.74, 6) is -0.889. The van der Waals surface area contributed by atoms with Crippen LogP contribution in [0.1, 0.15) is 34.6 Å². The molecule has 0 saturated carbocycles. The van der Waals surface area contributed by atoms with Gasteiger partial charge in [-0.15, -0.1) is 0 Å². The van der Waals surface area contributed by atoms with E-state index >= 15 is 0 Å². The second kappa shape index (κ2) is 6.38. The van der Waals surface area contributed by atoms with E-state index in [2.05, 4.69) is 0 Å². The average Bonchev–Trinajstić information content (AvgIpc) is 3.11. The van der Waals surface area contributed by atoms with E-state index in [9.17, 15) is 14.4 Å². The Morgan fingerprint density at radius 3 is 2.41 bits per heavy atom. The fourth-order valence-corrected chi connectivity index (χ4v) is 3.72. The molecule has 1 atom stereocenters. The minimum absolute atomic E-state index is 0.209.